The van der Waals surface area contributed by atoms with E-state index in [-0.39, 0.29) is 18.4 Å². The van der Waals surface area contributed by atoms with Crippen molar-refractivity contribution in [3.05, 3.63) is 10.7 Å². The molecule has 2 rings (SSSR count). The van der Waals surface area contributed by atoms with Crippen LogP contribution in [0.15, 0.2) is 10.7 Å². The minimum absolute atomic E-state index is 0.104. The van der Waals surface area contributed by atoms with Crippen LogP contribution in [0.1, 0.15) is 26.7 Å². The van der Waals surface area contributed by atoms with E-state index < -0.39 is 6.04 Å². The van der Waals surface area contributed by atoms with E-state index in [4.69, 9.17) is 0 Å². The number of nitrogens with one attached hydrogen (secondary N) is 2. The van der Waals surface area contributed by atoms with Crippen LogP contribution in [0.4, 0.5) is 11.8 Å². The van der Waals surface area contributed by atoms with Gasteiger partial charge in [-0.15, -0.1) is 0 Å². The summed E-state index contributed by atoms with van der Waals surface area (Å²) >= 11 is 3.39. The van der Waals surface area contributed by atoms with Crippen LogP contribution >= 0.6 is 15.9 Å². The van der Waals surface area contributed by atoms with Crippen LogP contribution in [0.25, 0.3) is 0 Å². The fourth-order valence-corrected chi connectivity index (χ4v) is 2.60. The van der Waals surface area contributed by atoms with Crippen LogP contribution in [0.2, 0.25) is 0 Å². The standard InChI is InChI=1S/C13H18BrN5O2/c1-3-5-15-13-16-6-8(14)11(18-13)19-7-10(20)17-12(21)9(19)4-2/h6,9H,3-5,7H2,1-2H3,(H,15,16,18)(H,17,20,21). The van der Waals surface area contributed by atoms with Gasteiger partial charge in [-0.05, 0) is 28.8 Å². The first-order valence-electron chi connectivity index (χ1n) is 6.93. The Morgan fingerprint density at radius 3 is 2.90 bits per heavy atom. The molecule has 114 valence electrons. The Kier molecular flexibility index (Phi) is 5.11. The highest BCUT2D eigenvalue weighted by Gasteiger charge is 2.34. The van der Waals surface area contributed by atoms with E-state index in [1.165, 1.54) is 0 Å². The minimum Gasteiger partial charge on any atom is -0.354 e. The molecule has 0 aromatic carbocycles. The molecule has 0 saturated carbocycles. The van der Waals surface area contributed by atoms with Crippen molar-refractivity contribution < 1.29 is 9.59 Å². The Labute approximate surface area is 131 Å². The average Bonchev–Trinajstić information content (AvgIpc) is 2.45. The predicted molar refractivity (Wildman–Crippen MR) is 83.1 cm³/mol. The van der Waals surface area contributed by atoms with E-state index in [0.717, 1.165) is 13.0 Å². The fraction of sp³-hybridized carbons (Fsp3) is 0.538. The third kappa shape index (κ3) is 3.49. The molecule has 1 aliphatic rings. The molecule has 1 unspecified atom stereocenters. The van der Waals surface area contributed by atoms with Crippen molar-refractivity contribution in [1.82, 2.24) is 15.3 Å². The normalized spacial score (nSPS) is 18.6. The Balaban J connectivity index is 2.33. The molecular formula is C13H18BrN5O2. The number of anilines is 2. The van der Waals surface area contributed by atoms with Gasteiger partial charge in [0.25, 0.3) is 0 Å². The van der Waals surface area contributed by atoms with E-state index >= 15 is 0 Å². The van der Waals surface area contributed by atoms with Crippen molar-refractivity contribution in [2.75, 3.05) is 23.3 Å². The van der Waals surface area contributed by atoms with Gasteiger partial charge in [0.1, 0.15) is 11.9 Å². The van der Waals surface area contributed by atoms with Gasteiger partial charge in [0.2, 0.25) is 17.8 Å². The lowest BCUT2D eigenvalue weighted by molar-refractivity contribution is -0.132. The summed E-state index contributed by atoms with van der Waals surface area (Å²) < 4.78 is 0.658. The quantitative estimate of drug-likeness (QED) is 0.774. The number of amides is 2. The lowest BCUT2D eigenvalue weighted by atomic mass is 10.1. The lowest BCUT2D eigenvalue weighted by Gasteiger charge is -2.34. The van der Waals surface area contributed by atoms with Crippen LogP contribution in [0.5, 0.6) is 0 Å². The smallest absolute Gasteiger partial charge is 0.249 e. The predicted octanol–water partition coefficient (Wildman–Crippen LogP) is 1.30. The number of piperazine rings is 1. The molecule has 1 saturated heterocycles. The van der Waals surface area contributed by atoms with Gasteiger partial charge in [-0.25, -0.2) is 4.98 Å². The summed E-state index contributed by atoms with van der Waals surface area (Å²) in [6.07, 6.45) is 3.17. The van der Waals surface area contributed by atoms with Crippen molar-refractivity contribution in [3.63, 3.8) is 0 Å². The molecule has 1 aromatic heterocycles. The molecule has 0 aliphatic carbocycles. The summed E-state index contributed by atoms with van der Waals surface area (Å²) in [5, 5.41) is 5.46. The molecule has 0 bridgehead atoms. The zero-order valence-electron chi connectivity index (χ0n) is 12.0. The van der Waals surface area contributed by atoms with Crippen molar-refractivity contribution in [2.45, 2.75) is 32.7 Å². The van der Waals surface area contributed by atoms with Crippen molar-refractivity contribution in [1.29, 1.82) is 0 Å². The van der Waals surface area contributed by atoms with Gasteiger partial charge < -0.3 is 10.2 Å². The molecule has 2 amide bonds. The molecule has 0 spiro atoms. The summed E-state index contributed by atoms with van der Waals surface area (Å²) in [4.78, 5) is 33.9. The molecule has 0 radical (unpaired) electrons. The fourth-order valence-electron chi connectivity index (χ4n) is 2.18. The number of hydrogen-bond acceptors (Lipinski definition) is 6. The van der Waals surface area contributed by atoms with E-state index in [1.807, 2.05) is 13.8 Å². The molecule has 1 fully saturated rings. The number of halogens is 1. The molecular weight excluding hydrogens is 338 g/mol. The Bertz CT molecular complexity index is 551. The highest BCUT2D eigenvalue weighted by atomic mass is 79.9. The first-order valence-corrected chi connectivity index (χ1v) is 7.72. The van der Waals surface area contributed by atoms with E-state index in [0.29, 0.717) is 22.7 Å². The van der Waals surface area contributed by atoms with E-state index in [2.05, 4.69) is 36.5 Å². The Morgan fingerprint density at radius 2 is 2.24 bits per heavy atom. The maximum absolute atomic E-state index is 11.9. The van der Waals surface area contributed by atoms with Crippen LogP contribution < -0.4 is 15.5 Å². The molecule has 1 aromatic rings. The number of carbonyl (C=O) groups is 2. The number of aromatic nitrogens is 2. The summed E-state index contributed by atoms with van der Waals surface area (Å²) in [5.74, 6) is 0.433. The topological polar surface area (TPSA) is 87.2 Å². The summed E-state index contributed by atoms with van der Waals surface area (Å²) in [6.45, 7) is 4.82. The number of hydrogen-bond donors (Lipinski definition) is 2. The molecule has 1 aliphatic heterocycles. The molecule has 8 heteroatoms. The van der Waals surface area contributed by atoms with Gasteiger partial charge in [0, 0.05) is 12.7 Å². The number of imide groups is 1. The van der Waals surface area contributed by atoms with Crippen LogP contribution in [0.3, 0.4) is 0 Å². The van der Waals surface area contributed by atoms with Gasteiger partial charge in [-0.1, -0.05) is 13.8 Å². The molecule has 21 heavy (non-hydrogen) atoms. The van der Waals surface area contributed by atoms with Gasteiger partial charge >= 0.3 is 0 Å². The maximum atomic E-state index is 11.9. The molecule has 2 heterocycles. The molecule has 7 nitrogen and oxygen atoms in total. The third-order valence-electron chi connectivity index (χ3n) is 3.17. The Hall–Kier alpha value is -1.70. The van der Waals surface area contributed by atoms with Gasteiger partial charge in [-0.3, -0.25) is 14.9 Å². The van der Waals surface area contributed by atoms with Gasteiger partial charge in [-0.2, -0.15) is 4.98 Å². The van der Waals surface area contributed by atoms with Crippen LogP contribution in [0, 0.1) is 0 Å². The summed E-state index contributed by atoms with van der Waals surface area (Å²) in [5.41, 5.74) is 0. The number of nitrogens with zero attached hydrogens (tertiary/aromatic N) is 3. The van der Waals surface area contributed by atoms with Gasteiger partial charge in [0.05, 0.1) is 11.0 Å². The van der Waals surface area contributed by atoms with Gasteiger partial charge in [0.15, 0.2) is 0 Å². The number of rotatable bonds is 5. The lowest BCUT2D eigenvalue weighted by Crippen LogP contribution is -2.58. The van der Waals surface area contributed by atoms with Crippen molar-refractivity contribution in [2.24, 2.45) is 0 Å². The second-order valence-corrected chi connectivity index (χ2v) is 5.61. The van der Waals surface area contributed by atoms with Crippen LogP contribution in [-0.4, -0.2) is 40.9 Å². The van der Waals surface area contributed by atoms with Crippen LogP contribution in [-0.2, 0) is 9.59 Å². The second kappa shape index (κ2) is 6.84. The van der Waals surface area contributed by atoms with E-state index in [9.17, 15) is 9.59 Å². The highest BCUT2D eigenvalue weighted by Crippen LogP contribution is 2.27. The summed E-state index contributed by atoms with van der Waals surface area (Å²) in [7, 11) is 0. The monoisotopic (exact) mass is 355 g/mol. The minimum atomic E-state index is -0.409. The zero-order valence-corrected chi connectivity index (χ0v) is 13.6. The van der Waals surface area contributed by atoms with E-state index in [1.54, 1.807) is 11.1 Å². The summed E-state index contributed by atoms with van der Waals surface area (Å²) in [6, 6.07) is -0.409. The SMILES string of the molecule is CCCNc1ncc(Br)c(N2CC(=O)NC(=O)C2CC)n1. The number of carbonyl (C=O) groups excluding carboxylic acids is 2. The van der Waals surface area contributed by atoms with Crippen molar-refractivity contribution >= 4 is 39.5 Å². The Morgan fingerprint density at radius 1 is 1.48 bits per heavy atom. The maximum Gasteiger partial charge on any atom is 0.249 e. The first kappa shape index (κ1) is 15.7. The second-order valence-electron chi connectivity index (χ2n) is 4.76. The highest BCUT2D eigenvalue weighted by molar-refractivity contribution is 9.10. The third-order valence-corrected chi connectivity index (χ3v) is 3.73. The molecule has 2 N–H and O–H groups in total. The first-order chi connectivity index (χ1) is 10.1. The molecule has 1 atom stereocenters. The largest absolute Gasteiger partial charge is 0.354 e. The average molecular weight is 356 g/mol. The zero-order chi connectivity index (χ0) is 15.4. The van der Waals surface area contributed by atoms with Crippen molar-refractivity contribution in [3.8, 4) is 0 Å².